The molecule has 1 aromatic rings. The van der Waals surface area contributed by atoms with Gasteiger partial charge in [-0.3, -0.25) is 4.79 Å². The van der Waals surface area contributed by atoms with Crippen molar-refractivity contribution in [2.45, 2.75) is 46.1 Å². The number of rotatable bonds is 3. The van der Waals surface area contributed by atoms with E-state index in [1.54, 1.807) is 4.57 Å². The molecule has 0 spiro atoms. The Labute approximate surface area is 96.7 Å². The first-order valence-electron chi connectivity index (χ1n) is 5.75. The van der Waals surface area contributed by atoms with Crippen molar-refractivity contribution in [3.63, 3.8) is 0 Å². The molecule has 1 aromatic heterocycles. The first kappa shape index (κ1) is 13.0. The van der Waals surface area contributed by atoms with Crippen LogP contribution in [0.1, 0.15) is 38.8 Å². The molecule has 3 nitrogen and oxygen atoms in total. The minimum atomic E-state index is -0.00332. The van der Waals surface area contributed by atoms with Crippen LogP contribution in [0, 0.1) is 0 Å². The summed E-state index contributed by atoms with van der Waals surface area (Å²) in [5.74, 6) is 0. The first-order valence-corrected chi connectivity index (χ1v) is 5.75. The second-order valence-corrected chi connectivity index (χ2v) is 5.08. The van der Waals surface area contributed by atoms with Gasteiger partial charge < -0.3 is 9.67 Å². The molecule has 0 unspecified atom stereocenters. The molecule has 90 valence electrons. The Hall–Kier alpha value is -1.09. The first-order chi connectivity index (χ1) is 7.40. The Kier molecular flexibility index (Phi) is 3.92. The summed E-state index contributed by atoms with van der Waals surface area (Å²) >= 11 is 0. The molecule has 0 bridgehead atoms. The van der Waals surface area contributed by atoms with Crippen LogP contribution in [-0.2, 0) is 18.4 Å². The van der Waals surface area contributed by atoms with Crippen molar-refractivity contribution >= 4 is 0 Å². The highest BCUT2D eigenvalue weighted by Crippen LogP contribution is 2.21. The van der Waals surface area contributed by atoms with E-state index in [1.165, 1.54) is 0 Å². The Bertz CT molecular complexity index is 413. The zero-order valence-electron chi connectivity index (χ0n) is 10.6. The molecular formula is C13H21NO2. The van der Waals surface area contributed by atoms with E-state index in [0.29, 0.717) is 6.54 Å². The van der Waals surface area contributed by atoms with E-state index >= 15 is 0 Å². The number of aliphatic hydroxyl groups is 1. The van der Waals surface area contributed by atoms with Gasteiger partial charge in [0.1, 0.15) is 0 Å². The number of aryl methyl sites for hydroxylation is 1. The van der Waals surface area contributed by atoms with Crippen molar-refractivity contribution in [3.8, 4) is 0 Å². The van der Waals surface area contributed by atoms with Crippen LogP contribution in [0.5, 0.6) is 0 Å². The van der Waals surface area contributed by atoms with Gasteiger partial charge in [0.25, 0.3) is 5.56 Å². The van der Waals surface area contributed by atoms with Crippen molar-refractivity contribution in [2.24, 2.45) is 0 Å². The lowest BCUT2D eigenvalue weighted by Crippen LogP contribution is -2.27. The molecule has 0 radical (unpaired) electrons. The minimum Gasteiger partial charge on any atom is -0.395 e. The highest BCUT2D eigenvalue weighted by atomic mass is 16.3. The zero-order chi connectivity index (χ0) is 12.3. The third kappa shape index (κ3) is 2.73. The van der Waals surface area contributed by atoms with Crippen LogP contribution in [-0.4, -0.2) is 16.3 Å². The lowest BCUT2D eigenvalue weighted by atomic mass is 9.87. The summed E-state index contributed by atoms with van der Waals surface area (Å²) < 4.78 is 1.61. The lowest BCUT2D eigenvalue weighted by Gasteiger charge is -2.21. The molecule has 0 fully saturated rings. The largest absolute Gasteiger partial charge is 0.395 e. The fourth-order valence-corrected chi connectivity index (χ4v) is 1.63. The monoisotopic (exact) mass is 223 g/mol. The quantitative estimate of drug-likeness (QED) is 0.847. The van der Waals surface area contributed by atoms with Crippen molar-refractivity contribution in [3.05, 3.63) is 33.7 Å². The molecular weight excluding hydrogens is 202 g/mol. The van der Waals surface area contributed by atoms with Crippen LogP contribution in [0.4, 0.5) is 0 Å². The van der Waals surface area contributed by atoms with E-state index < -0.39 is 0 Å². The molecule has 0 saturated carbocycles. The molecule has 0 aliphatic carbocycles. The summed E-state index contributed by atoms with van der Waals surface area (Å²) in [6.45, 7) is 8.71. The van der Waals surface area contributed by atoms with Gasteiger partial charge in [0, 0.05) is 18.3 Å². The van der Waals surface area contributed by atoms with Gasteiger partial charge in [-0.25, -0.2) is 0 Å². The molecule has 0 atom stereocenters. The van der Waals surface area contributed by atoms with Crippen LogP contribution in [0.3, 0.4) is 0 Å². The van der Waals surface area contributed by atoms with Crippen LogP contribution >= 0.6 is 0 Å². The van der Waals surface area contributed by atoms with Crippen LogP contribution in [0.2, 0.25) is 0 Å². The number of nitrogens with zero attached hydrogens (tertiary/aromatic N) is 1. The molecule has 0 aromatic carbocycles. The molecule has 3 heteroatoms. The van der Waals surface area contributed by atoms with E-state index in [9.17, 15) is 4.79 Å². The Morgan fingerprint density at radius 1 is 1.38 bits per heavy atom. The number of hydrogen-bond donors (Lipinski definition) is 1. The third-order valence-corrected chi connectivity index (χ3v) is 2.75. The van der Waals surface area contributed by atoms with Crippen LogP contribution in [0.25, 0.3) is 0 Å². The summed E-state index contributed by atoms with van der Waals surface area (Å²) in [6.07, 6.45) is 2.59. The van der Waals surface area contributed by atoms with E-state index in [1.807, 2.05) is 19.2 Å². The maximum Gasteiger partial charge on any atom is 0.253 e. The highest BCUT2D eigenvalue weighted by molar-refractivity contribution is 5.25. The fourth-order valence-electron chi connectivity index (χ4n) is 1.63. The number of aliphatic hydroxyl groups excluding tert-OH is 1. The summed E-state index contributed by atoms with van der Waals surface area (Å²) in [7, 11) is 0. The van der Waals surface area contributed by atoms with Crippen molar-refractivity contribution in [1.29, 1.82) is 0 Å². The highest BCUT2D eigenvalue weighted by Gasteiger charge is 2.16. The average Bonchev–Trinajstić information content (AvgIpc) is 2.19. The molecule has 0 amide bonds. The van der Waals surface area contributed by atoms with Crippen LogP contribution in [0.15, 0.2) is 17.1 Å². The van der Waals surface area contributed by atoms with Gasteiger partial charge in [-0.2, -0.15) is 0 Å². The molecule has 1 heterocycles. The maximum atomic E-state index is 11.9. The van der Waals surface area contributed by atoms with Crippen molar-refractivity contribution < 1.29 is 5.11 Å². The van der Waals surface area contributed by atoms with Gasteiger partial charge in [0.15, 0.2) is 0 Å². The lowest BCUT2D eigenvalue weighted by molar-refractivity contribution is 0.273. The van der Waals surface area contributed by atoms with Crippen molar-refractivity contribution in [1.82, 2.24) is 4.57 Å². The minimum absolute atomic E-state index is 0.00332. The Balaban J connectivity index is 3.34. The molecule has 0 saturated heterocycles. The summed E-state index contributed by atoms with van der Waals surface area (Å²) in [4.78, 5) is 11.9. The predicted molar refractivity (Wildman–Crippen MR) is 65.9 cm³/mol. The average molecular weight is 223 g/mol. The SMILES string of the molecule is CCc1cc(C(C)(C)C)cn(CCO)c1=O. The summed E-state index contributed by atoms with van der Waals surface area (Å²) in [5.41, 5.74) is 2.00. The molecule has 1 rings (SSSR count). The third-order valence-electron chi connectivity index (χ3n) is 2.75. The van der Waals surface area contributed by atoms with Gasteiger partial charge in [0.05, 0.1) is 6.61 Å². The summed E-state index contributed by atoms with van der Waals surface area (Å²) in [6, 6.07) is 1.98. The van der Waals surface area contributed by atoms with Gasteiger partial charge in [0.2, 0.25) is 0 Å². The normalized spacial score (nSPS) is 11.8. The zero-order valence-corrected chi connectivity index (χ0v) is 10.6. The van der Waals surface area contributed by atoms with E-state index in [2.05, 4.69) is 20.8 Å². The Morgan fingerprint density at radius 2 is 2.00 bits per heavy atom. The molecule has 1 N–H and O–H groups in total. The Morgan fingerprint density at radius 3 is 2.44 bits per heavy atom. The molecule has 0 aliphatic rings. The second kappa shape index (κ2) is 4.83. The summed E-state index contributed by atoms with van der Waals surface area (Å²) in [5, 5.41) is 8.94. The van der Waals surface area contributed by atoms with Gasteiger partial charge in [-0.15, -0.1) is 0 Å². The van der Waals surface area contributed by atoms with Crippen LogP contribution < -0.4 is 5.56 Å². The van der Waals surface area contributed by atoms with E-state index in [0.717, 1.165) is 17.5 Å². The van der Waals surface area contributed by atoms with E-state index in [-0.39, 0.29) is 17.6 Å². The number of aromatic nitrogens is 1. The standard InChI is InChI=1S/C13H21NO2/c1-5-10-8-11(13(2,3)4)9-14(6-7-15)12(10)16/h8-9,15H,5-7H2,1-4H3. The van der Waals surface area contributed by atoms with Gasteiger partial charge >= 0.3 is 0 Å². The molecule has 16 heavy (non-hydrogen) atoms. The number of pyridine rings is 1. The number of hydrogen-bond acceptors (Lipinski definition) is 2. The topological polar surface area (TPSA) is 42.2 Å². The van der Waals surface area contributed by atoms with Gasteiger partial charge in [-0.1, -0.05) is 27.7 Å². The maximum absolute atomic E-state index is 11.9. The van der Waals surface area contributed by atoms with Gasteiger partial charge in [-0.05, 0) is 23.5 Å². The van der Waals surface area contributed by atoms with Crippen molar-refractivity contribution in [2.75, 3.05) is 6.61 Å². The molecule has 0 aliphatic heterocycles. The second-order valence-electron chi connectivity index (χ2n) is 5.08. The predicted octanol–water partition coefficient (Wildman–Crippen LogP) is 1.70. The smallest absolute Gasteiger partial charge is 0.253 e. The van der Waals surface area contributed by atoms with E-state index in [4.69, 9.17) is 5.11 Å². The fraction of sp³-hybridized carbons (Fsp3) is 0.615.